The summed E-state index contributed by atoms with van der Waals surface area (Å²) in [5.41, 5.74) is 0.467. The predicted octanol–water partition coefficient (Wildman–Crippen LogP) is 3.94. The van der Waals surface area contributed by atoms with E-state index in [0.717, 1.165) is 17.4 Å². The van der Waals surface area contributed by atoms with Gasteiger partial charge in [-0.2, -0.15) is 0 Å². The summed E-state index contributed by atoms with van der Waals surface area (Å²) >= 11 is 9.40. The predicted molar refractivity (Wildman–Crippen MR) is 75.1 cm³/mol. The topological polar surface area (TPSA) is 34.9 Å². The second kappa shape index (κ2) is 5.67. The van der Waals surface area contributed by atoms with E-state index in [1.807, 2.05) is 10.8 Å². The highest BCUT2D eigenvalue weighted by Gasteiger charge is 2.17. The molecule has 0 spiro atoms. The number of halogens is 2. The molecule has 0 fully saturated rings. The standard InChI is InChI=1S/C13H12BrClN2O/c1-2-6-17-7-5-16-13(17)12(18)10-8-9(14)3-4-11(10)15/h3-5,7-8H,2,6H2,1H3. The van der Waals surface area contributed by atoms with Gasteiger partial charge in [-0.1, -0.05) is 34.5 Å². The molecule has 2 rings (SSSR count). The van der Waals surface area contributed by atoms with Gasteiger partial charge < -0.3 is 4.57 Å². The Morgan fingerprint density at radius 2 is 2.28 bits per heavy atom. The van der Waals surface area contributed by atoms with Crippen molar-refractivity contribution >= 4 is 33.3 Å². The monoisotopic (exact) mass is 326 g/mol. The summed E-state index contributed by atoms with van der Waals surface area (Å²) in [6, 6.07) is 5.22. The van der Waals surface area contributed by atoms with Crippen LogP contribution in [0.25, 0.3) is 0 Å². The van der Waals surface area contributed by atoms with Crippen molar-refractivity contribution in [3.63, 3.8) is 0 Å². The molecule has 1 aromatic carbocycles. The number of ketones is 1. The fraction of sp³-hybridized carbons (Fsp3) is 0.231. The molecule has 0 aliphatic heterocycles. The van der Waals surface area contributed by atoms with E-state index in [4.69, 9.17) is 11.6 Å². The highest BCUT2D eigenvalue weighted by atomic mass is 79.9. The average Bonchev–Trinajstić information content (AvgIpc) is 2.80. The van der Waals surface area contributed by atoms with Crippen LogP contribution in [-0.2, 0) is 6.54 Å². The Balaban J connectivity index is 2.41. The van der Waals surface area contributed by atoms with Gasteiger partial charge in [-0.3, -0.25) is 4.79 Å². The van der Waals surface area contributed by atoms with Gasteiger partial charge in [0, 0.05) is 29.0 Å². The second-order valence-corrected chi connectivity index (χ2v) is 5.22. The maximum Gasteiger partial charge on any atom is 0.229 e. The normalized spacial score (nSPS) is 10.6. The summed E-state index contributed by atoms with van der Waals surface area (Å²) in [5, 5.41) is 0.439. The zero-order chi connectivity index (χ0) is 13.1. The molecule has 0 unspecified atom stereocenters. The molecule has 0 aliphatic carbocycles. The van der Waals surface area contributed by atoms with Crippen LogP contribution in [0.1, 0.15) is 29.5 Å². The molecule has 1 aromatic heterocycles. The summed E-state index contributed by atoms with van der Waals surface area (Å²) in [6.45, 7) is 2.83. The largest absolute Gasteiger partial charge is 0.328 e. The number of rotatable bonds is 4. The molecule has 2 aromatic rings. The van der Waals surface area contributed by atoms with Crippen LogP contribution in [-0.4, -0.2) is 15.3 Å². The van der Waals surface area contributed by atoms with E-state index in [1.165, 1.54) is 0 Å². The molecule has 0 saturated heterocycles. The Morgan fingerprint density at radius 3 is 3.00 bits per heavy atom. The van der Waals surface area contributed by atoms with E-state index in [2.05, 4.69) is 27.8 Å². The summed E-state index contributed by atoms with van der Waals surface area (Å²) < 4.78 is 2.67. The number of carbonyl (C=O) groups excluding carboxylic acids is 1. The minimum atomic E-state index is -0.153. The highest BCUT2D eigenvalue weighted by molar-refractivity contribution is 9.10. The summed E-state index contributed by atoms with van der Waals surface area (Å²) in [7, 11) is 0. The van der Waals surface area contributed by atoms with Crippen LogP contribution in [0.3, 0.4) is 0 Å². The van der Waals surface area contributed by atoms with Gasteiger partial charge in [0.1, 0.15) is 0 Å². The first-order valence-electron chi connectivity index (χ1n) is 5.64. The molecule has 0 saturated carbocycles. The second-order valence-electron chi connectivity index (χ2n) is 3.90. The zero-order valence-electron chi connectivity index (χ0n) is 9.86. The first kappa shape index (κ1) is 13.3. The van der Waals surface area contributed by atoms with Gasteiger partial charge in [-0.25, -0.2) is 4.98 Å². The molecule has 0 atom stereocenters. The highest BCUT2D eigenvalue weighted by Crippen LogP contribution is 2.23. The van der Waals surface area contributed by atoms with Crippen molar-refractivity contribution in [3.05, 3.63) is 51.5 Å². The maximum atomic E-state index is 12.4. The molecule has 3 nitrogen and oxygen atoms in total. The van der Waals surface area contributed by atoms with E-state index < -0.39 is 0 Å². The average molecular weight is 328 g/mol. The Kier molecular flexibility index (Phi) is 4.19. The number of hydrogen-bond acceptors (Lipinski definition) is 2. The minimum Gasteiger partial charge on any atom is -0.328 e. The lowest BCUT2D eigenvalue weighted by Crippen LogP contribution is -2.11. The number of aromatic nitrogens is 2. The lowest BCUT2D eigenvalue weighted by Gasteiger charge is -2.07. The van der Waals surface area contributed by atoms with Crippen LogP contribution in [0.2, 0.25) is 5.02 Å². The van der Waals surface area contributed by atoms with Gasteiger partial charge in [0.25, 0.3) is 0 Å². The van der Waals surface area contributed by atoms with Crippen molar-refractivity contribution in [2.24, 2.45) is 0 Å². The van der Waals surface area contributed by atoms with Gasteiger partial charge in [0.05, 0.1) is 5.02 Å². The number of nitrogens with zero attached hydrogens (tertiary/aromatic N) is 2. The SMILES string of the molecule is CCCn1ccnc1C(=O)c1cc(Br)ccc1Cl. The van der Waals surface area contributed by atoms with Gasteiger partial charge in [0.2, 0.25) is 5.78 Å². The van der Waals surface area contributed by atoms with E-state index >= 15 is 0 Å². The fourth-order valence-electron chi connectivity index (χ4n) is 1.73. The van der Waals surface area contributed by atoms with Crippen molar-refractivity contribution in [2.75, 3.05) is 0 Å². The van der Waals surface area contributed by atoms with Crippen LogP contribution in [0.15, 0.2) is 35.1 Å². The smallest absolute Gasteiger partial charge is 0.229 e. The van der Waals surface area contributed by atoms with Crippen molar-refractivity contribution in [1.82, 2.24) is 9.55 Å². The molecule has 94 valence electrons. The van der Waals surface area contributed by atoms with Gasteiger partial charge in [0.15, 0.2) is 5.82 Å². The summed E-state index contributed by atoms with van der Waals surface area (Å²) in [4.78, 5) is 16.5. The molecular formula is C13H12BrClN2O. The quantitative estimate of drug-likeness (QED) is 0.797. The lowest BCUT2D eigenvalue weighted by molar-refractivity contribution is 0.102. The van der Waals surface area contributed by atoms with Crippen LogP contribution in [0, 0.1) is 0 Å². The Hall–Kier alpha value is -1.13. The minimum absolute atomic E-state index is 0.153. The third-order valence-corrected chi connectivity index (χ3v) is 3.38. The van der Waals surface area contributed by atoms with Crippen LogP contribution >= 0.6 is 27.5 Å². The Bertz CT molecular complexity index is 580. The molecule has 0 aliphatic rings. The molecule has 0 radical (unpaired) electrons. The van der Waals surface area contributed by atoms with Gasteiger partial charge in [-0.15, -0.1) is 0 Å². The van der Waals surface area contributed by atoms with E-state index in [1.54, 1.807) is 24.4 Å². The van der Waals surface area contributed by atoms with Crippen LogP contribution < -0.4 is 0 Å². The Morgan fingerprint density at radius 1 is 1.50 bits per heavy atom. The first-order chi connectivity index (χ1) is 8.63. The molecule has 0 bridgehead atoms. The third-order valence-electron chi connectivity index (χ3n) is 2.56. The van der Waals surface area contributed by atoms with Crippen molar-refractivity contribution in [3.8, 4) is 0 Å². The lowest BCUT2D eigenvalue weighted by atomic mass is 10.1. The van der Waals surface area contributed by atoms with E-state index in [-0.39, 0.29) is 5.78 Å². The van der Waals surface area contributed by atoms with Gasteiger partial charge >= 0.3 is 0 Å². The summed E-state index contributed by atoms with van der Waals surface area (Å²) in [5.74, 6) is 0.275. The van der Waals surface area contributed by atoms with E-state index in [0.29, 0.717) is 16.4 Å². The first-order valence-corrected chi connectivity index (χ1v) is 6.81. The Labute approximate surface area is 119 Å². The number of benzene rings is 1. The number of hydrogen-bond donors (Lipinski definition) is 0. The summed E-state index contributed by atoms with van der Waals surface area (Å²) in [6.07, 6.45) is 4.39. The molecule has 5 heteroatoms. The van der Waals surface area contributed by atoms with Crippen LogP contribution in [0.5, 0.6) is 0 Å². The molecule has 1 heterocycles. The molecular weight excluding hydrogens is 316 g/mol. The maximum absolute atomic E-state index is 12.4. The van der Waals surface area contributed by atoms with E-state index in [9.17, 15) is 4.79 Å². The molecule has 0 amide bonds. The fourth-order valence-corrected chi connectivity index (χ4v) is 2.30. The van der Waals surface area contributed by atoms with Crippen LogP contribution in [0.4, 0.5) is 0 Å². The van der Waals surface area contributed by atoms with Crippen molar-refractivity contribution in [1.29, 1.82) is 0 Å². The molecule has 0 N–H and O–H groups in total. The van der Waals surface area contributed by atoms with Gasteiger partial charge in [-0.05, 0) is 24.6 Å². The third kappa shape index (κ3) is 2.65. The number of aryl methyl sites for hydroxylation is 1. The zero-order valence-corrected chi connectivity index (χ0v) is 12.2. The van der Waals surface area contributed by atoms with Crippen molar-refractivity contribution < 1.29 is 4.79 Å². The molecule has 18 heavy (non-hydrogen) atoms. The number of imidazole rings is 1. The number of carbonyl (C=O) groups is 1. The van der Waals surface area contributed by atoms with Crippen molar-refractivity contribution in [2.45, 2.75) is 19.9 Å².